The molecule has 4 heteroatoms. The predicted molar refractivity (Wildman–Crippen MR) is 218 cm³/mol. The van der Waals surface area contributed by atoms with E-state index in [-0.39, 0.29) is 0 Å². The summed E-state index contributed by atoms with van der Waals surface area (Å²) in [4.78, 5) is 2.67. The maximum Gasteiger partial charge on any atom is 0.0434 e. The van der Waals surface area contributed by atoms with Crippen LogP contribution in [-0.2, 0) is 0 Å². The molecule has 0 aliphatic carbocycles. The summed E-state index contributed by atoms with van der Waals surface area (Å²) >= 11 is 7.63. The monoisotopic (exact) mass is 682 g/mol. The fourth-order valence-corrected chi connectivity index (χ4v) is 12.0. The summed E-state index contributed by atoms with van der Waals surface area (Å²) in [5.41, 5.74) is 5.23. The SMILES string of the molecule is Cc1ccc2sc(-c3ccc4sc5c6cc7ccc8c9cc(-c%10cc%11cc(C)ccc%11s%10)ccc9sc8c7cc6ccc5c4c3)cc2c1. The summed E-state index contributed by atoms with van der Waals surface area (Å²) in [5, 5.41) is 13.4. The van der Waals surface area contributed by atoms with Crippen LogP contribution in [0, 0.1) is 13.8 Å². The highest BCUT2D eigenvalue weighted by Gasteiger charge is 2.15. The molecule has 0 unspecified atom stereocenters. The highest BCUT2D eigenvalue weighted by Crippen LogP contribution is 2.46. The first-order valence-corrected chi connectivity index (χ1v) is 19.5. The third-order valence-electron chi connectivity index (χ3n) is 9.94. The lowest BCUT2D eigenvalue weighted by atomic mass is 9.99. The van der Waals surface area contributed by atoms with E-state index in [4.69, 9.17) is 0 Å². The minimum absolute atomic E-state index is 1.30. The standard InChI is InChI=1S/C44H26S4/c1-23-3-11-37-29(15-23)21-41(45-37)27-7-13-39-35(19-27)31-9-5-25-18-34-26(17-33(25)43(31)47-39)6-10-32-36-20-28(8-14-40(36)48-44(32)34)42-22-30-16-24(2)4-12-38(30)46-42/h3-22H,1-2H3. The molecular weight excluding hydrogens is 657 g/mol. The number of thiophene rings is 4. The lowest BCUT2D eigenvalue weighted by Crippen LogP contribution is -1.78. The zero-order chi connectivity index (χ0) is 31.7. The number of rotatable bonds is 2. The maximum atomic E-state index is 2.44. The molecular formula is C44H26S4. The highest BCUT2D eigenvalue weighted by atomic mass is 32.1. The second kappa shape index (κ2) is 9.97. The molecule has 0 saturated heterocycles. The Morgan fingerprint density at radius 2 is 0.771 bits per heavy atom. The van der Waals surface area contributed by atoms with Gasteiger partial charge in [0, 0.05) is 70.3 Å². The summed E-state index contributed by atoms with van der Waals surface area (Å²) in [6.07, 6.45) is 0. The maximum absolute atomic E-state index is 2.44. The van der Waals surface area contributed by atoms with Crippen LogP contribution in [0.25, 0.3) is 103 Å². The summed E-state index contributed by atoms with van der Waals surface area (Å²) in [6.45, 7) is 4.34. The molecule has 0 spiro atoms. The van der Waals surface area contributed by atoms with Crippen molar-refractivity contribution in [2.24, 2.45) is 0 Å². The molecule has 11 rings (SSSR count). The third-order valence-corrected chi connectivity index (χ3v) is 14.7. The third kappa shape index (κ3) is 4.04. The van der Waals surface area contributed by atoms with Crippen LogP contribution in [0.15, 0.2) is 121 Å². The first-order valence-electron chi connectivity index (χ1n) is 16.2. The Hall–Kier alpha value is -4.58. The number of fused-ring (bicyclic) bond motifs is 12. The van der Waals surface area contributed by atoms with E-state index in [9.17, 15) is 0 Å². The van der Waals surface area contributed by atoms with E-state index in [0.29, 0.717) is 0 Å². The van der Waals surface area contributed by atoms with Crippen molar-refractivity contribution in [2.45, 2.75) is 13.8 Å². The smallest absolute Gasteiger partial charge is 0.0434 e. The molecule has 0 aliphatic heterocycles. The number of hydrogen-bond donors (Lipinski definition) is 0. The van der Waals surface area contributed by atoms with E-state index < -0.39 is 0 Å². The van der Waals surface area contributed by atoms with Crippen LogP contribution in [-0.4, -0.2) is 0 Å². The molecule has 0 fully saturated rings. The highest BCUT2D eigenvalue weighted by molar-refractivity contribution is 7.27. The van der Waals surface area contributed by atoms with Gasteiger partial charge in [0.25, 0.3) is 0 Å². The molecule has 4 heterocycles. The van der Waals surface area contributed by atoms with Crippen molar-refractivity contribution in [1.82, 2.24) is 0 Å². The van der Waals surface area contributed by atoms with E-state index >= 15 is 0 Å². The number of hydrogen-bond acceptors (Lipinski definition) is 4. The van der Waals surface area contributed by atoms with Crippen LogP contribution in [0.1, 0.15) is 11.1 Å². The molecule has 0 aliphatic rings. The molecule has 0 amide bonds. The van der Waals surface area contributed by atoms with Gasteiger partial charge in [0.05, 0.1) is 0 Å². The molecule has 0 N–H and O–H groups in total. The Morgan fingerprint density at radius 1 is 0.312 bits per heavy atom. The van der Waals surface area contributed by atoms with Crippen molar-refractivity contribution in [3.63, 3.8) is 0 Å². The molecule has 48 heavy (non-hydrogen) atoms. The topological polar surface area (TPSA) is 0 Å². The lowest BCUT2D eigenvalue weighted by Gasteiger charge is -2.05. The van der Waals surface area contributed by atoms with Crippen molar-refractivity contribution < 1.29 is 0 Å². The van der Waals surface area contributed by atoms with Gasteiger partial charge in [0.15, 0.2) is 0 Å². The van der Waals surface area contributed by atoms with Crippen LogP contribution in [0.4, 0.5) is 0 Å². The van der Waals surface area contributed by atoms with Crippen LogP contribution >= 0.6 is 45.3 Å². The molecule has 0 saturated carbocycles. The van der Waals surface area contributed by atoms with Crippen LogP contribution < -0.4 is 0 Å². The van der Waals surface area contributed by atoms with Crippen molar-refractivity contribution in [2.75, 3.05) is 0 Å². The summed E-state index contributed by atoms with van der Waals surface area (Å²) in [5.74, 6) is 0. The van der Waals surface area contributed by atoms with Gasteiger partial charge < -0.3 is 0 Å². The second-order valence-electron chi connectivity index (χ2n) is 13.1. The van der Waals surface area contributed by atoms with Gasteiger partial charge in [-0.3, -0.25) is 0 Å². The van der Waals surface area contributed by atoms with Gasteiger partial charge in [0.2, 0.25) is 0 Å². The van der Waals surface area contributed by atoms with Gasteiger partial charge in [-0.05, 0) is 107 Å². The Bertz CT molecular complexity index is 2930. The van der Waals surface area contributed by atoms with Crippen molar-refractivity contribution in [1.29, 1.82) is 0 Å². The minimum atomic E-state index is 1.30. The zero-order valence-corrected chi connectivity index (χ0v) is 29.4. The van der Waals surface area contributed by atoms with E-state index in [1.165, 1.54) is 114 Å². The van der Waals surface area contributed by atoms with Crippen LogP contribution in [0.3, 0.4) is 0 Å². The first kappa shape index (κ1) is 27.4. The quantitative estimate of drug-likeness (QED) is 0.159. The van der Waals surface area contributed by atoms with E-state index in [1.54, 1.807) is 0 Å². The first-order chi connectivity index (χ1) is 23.5. The second-order valence-corrected chi connectivity index (χ2v) is 17.4. The largest absolute Gasteiger partial charge is 0.135 e. The van der Waals surface area contributed by atoms with Crippen molar-refractivity contribution in [3.05, 3.63) is 132 Å². The molecule has 4 aromatic heterocycles. The van der Waals surface area contributed by atoms with Crippen molar-refractivity contribution in [3.8, 4) is 20.9 Å². The average molecular weight is 683 g/mol. The Morgan fingerprint density at radius 3 is 1.25 bits per heavy atom. The van der Waals surface area contributed by atoms with E-state index in [0.717, 1.165) is 0 Å². The summed E-state index contributed by atoms with van der Waals surface area (Å²) in [6, 6.07) is 46.6. The molecule has 7 aromatic carbocycles. The normalized spacial score (nSPS) is 12.4. The van der Waals surface area contributed by atoms with Gasteiger partial charge in [0.1, 0.15) is 0 Å². The molecule has 0 nitrogen and oxygen atoms in total. The van der Waals surface area contributed by atoms with Gasteiger partial charge >= 0.3 is 0 Å². The Balaban J connectivity index is 1.05. The van der Waals surface area contributed by atoms with E-state index in [1.807, 2.05) is 45.3 Å². The van der Waals surface area contributed by atoms with Crippen molar-refractivity contribution >= 4 is 127 Å². The predicted octanol–water partition coefficient (Wildman–Crippen LogP) is 15.1. The average Bonchev–Trinajstić information content (AvgIpc) is 3.88. The van der Waals surface area contributed by atoms with Gasteiger partial charge in [-0.15, -0.1) is 45.3 Å². The minimum Gasteiger partial charge on any atom is -0.135 e. The molecule has 11 aromatic rings. The van der Waals surface area contributed by atoms with E-state index in [2.05, 4.69) is 135 Å². The fourth-order valence-electron chi connectivity index (χ4n) is 7.53. The van der Waals surface area contributed by atoms with Gasteiger partial charge in [-0.2, -0.15) is 0 Å². The molecule has 226 valence electrons. The zero-order valence-electron chi connectivity index (χ0n) is 26.2. The number of benzene rings is 7. The fraction of sp³-hybridized carbons (Fsp3) is 0.0455. The Kier molecular flexibility index (Phi) is 5.69. The van der Waals surface area contributed by atoms with Gasteiger partial charge in [-0.1, -0.05) is 71.8 Å². The van der Waals surface area contributed by atoms with Gasteiger partial charge in [-0.25, -0.2) is 0 Å². The summed E-state index contributed by atoms with van der Waals surface area (Å²) in [7, 11) is 0. The lowest BCUT2D eigenvalue weighted by molar-refractivity contribution is 1.51. The molecule has 0 bridgehead atoms. The molecule has 0 atom stereocenters. The van der Waals surface area contributed by atoms with Crippen LogP contribution in [0.2, 0.25) is 0 Å². The number of aryl methyl sites for hydroxylation is 2. The van der Waals surface area contributed by atoms with Crippen LogP contribution in [0.5, 0.6) is 0 Å². The Labute approximate surface area is 292 Å². The summed E-state index contributed by atoms with van der Waals surface area (Å²) < 4.78 is 8.17. The molecule has 0 radical (unpaired) electrons.